The van der Waals surface area contributed by atoms with Crippen LogP contribution in [0.2, 0.25) is 10.0 Å². The molecule has 140 valence electrons. The fraction of sp³-hybridized carbons (Fsp3) is 0.0556. The minimum Gasteiger partial charge on any atom is -0.321 e. The predicted octanol–water partition coefficient (Wildman–Crippen LogP) is 3.60. The molecular formula is C18H13Cl2N7O. The molecule has 0 radical (unpaired) electrons. The summed E-state index contributed by atoms with van der Waals surface area (Å²) < 4.78 is 1.54. The van der Waals surface area contributed by atoms with Gasteiger partial charge in [0.1, 0.15) is 0 Å². The number of benzene rings is 2. The molecule has 2 aromatic carbocycles. The summed E-state index contributed by atoms with van der Waals surface area (Å²) in [6.45, 7) is 0.222. The van der Waals surface area contributed by atoms with Crippen LogP contribution in [0.3, 0.4) is 0 Å². The van der Waals surface area contributed by atoms with Crippen molar-refractivity contribution in [1.82, 2.24) is 30.0 Å². The number of amides is 1. The third kappa shape index (κ3) is 4.03. The summed E-state index contributed by atoms with van der Waals surface area (Å²) in [5.41, 5.74) is 1.64. The molecule has 0 aliphatic carbocycles. The summed E-state index contributed by atoms with van der Waals surface area (Å²) in [4.78, 5) is 13.8. The molecule has 0 atom stereocenters. The van der Waals surface area contributed by atoms with Crippen LogP contribution >= 0.6 is 23.2 Å². The molecular weight excluding hydrogens is 401 g/mol. The van der Waals surface area contributed by atoms with Gasteiger partial charge in [-0.1, -0.05) is 53.5 Å². The Labute approximate surface area is 169 Å². The summed E-state index contributed by atoms with van der Waals surface area (Å²) >= 11 is 11.8. The Morgan fingerprint density at radius 2 is 1.82 bits per heavy atom. The van der Waals surface area contributed by atoms with E-state index in [4.69, 9.17) is 23.2 Å². The van der Waals surface area contributed by atoms with Gasteiger partial charge in [-0.05, 0) is 29.5 Å². The second-order valence-corrected chi connectivity index (χ2v) is 6.63. The smallest absolute Gasteiger partial charge is 0.276 e. The highest BCUT2D eigenvalue weighted by Crippen LogP contribution is 2.25. The van der Waals surface area contributed by atoms with Gasteiger partial charge in [0.05, 0.1) is 10.0 Å². The van der Waals surface area contributed by atoms with E-state index < -0.39 is 0 Å². The predicted molar refractivity (Wildman–Crippen MR) is 105 cm³/mol. The number of nitrogens with one attached hydrogen (secondary N) is 1. The molecule has 10 heteroatoms. The van der Waals surface area contributed by atoms with E-state index in [2.05, 4.69) is 25.8 Å². The minimum atomic E-state index is -0.367. The van der Waals surface area contributed by atoms with Crippen LogP contribution in [0.15, 0.2) is 60.8 Å². The number of hydrogen-bond acceptors (Lipinski definition) is 5. The molecule has 2 heterocycles. The monoisotopic (exact) mass is 413 g/mol. The van der Waals surface area contributed by atoms with Gasteiger partial charge in [0.2, 0.25) is 5.82 Å². The Hall–Kier alpha value is -3.23. The quantitative estimate of drug-likeness (QED) is 0.539. The Morgan fingerprint density at radius 1 is 1.00 bits per heavy atom. The lowest BCUT2D eigenvalue weighted by Crippen LogP contribution is -2.15. The van der Waals surface area contributed by atoms with Crippen molar-refractivity contribution in [2.45, 2.75) is 6.67 Å². The molecule has 1 N–H and O–H groups in total. The maximum atomic E-state index is 12.4. The van der Waals surface area contributed by atoms with Gasteiger partial charge in [-0.3, -0.25) is 4.79 Å². The van der Waals surface area contributed by atoms with E-state index in [1.807, 2.05) is 30.3 Å². The van der Waals surface area contributed by atoms with Crippen LogP contribution in [-0.2, 0) is 6.67 Å². The lowest BCUT2D eigenvalue weighted by Gasteiger charge is -2.04. The summed E-state index contributed by atoms with van der Waals surface area (Å²) in [5.74, 6) is 0.152. The molecule has 0 bridgehead atoms. The molecule has 0 unspecified atom stereocenters. The summed E-state index contributed by atoms with van der Waals surface area (Å²) in [7, 11) is 0. The summed E-state index contributed by atoms with van der Waals surface area (Å²) in [6.07, 6.45) is 1.66. The second-order valence-electron chi connectivity index (χ2n) is 5.82. The number of rotatable bonds is 5. The number of hydrogen-bond donors (Lipinski definition) is 1. The first-order valence-corrected chi connectivity index (χ1v) is 8.97. The van der Waals surface area contributed by atoms with E-state index in [9.17, 15) is 4.79 Å². The maximum absolute atomic E-state index is 12.4. The molecule has 0 saturated carbocycles. The van der Waals surface area contributed by atoms with E-state index in [0.717, 1.165) is 5.56 Å². The normalized spacial score (nSPS) is 10.8. The Bertz CT molecular complexity index is 1120. The molecule has 8 nitrogen and oxygen atoms in total. The first kappa shape index (κ1) is 18.1. The van der Waals surface area contributed by atoms with Crippen LogP contribution < -0.4 is 5.32 Å². The average Bonchev–Trinajstić information content (AvgIpc) is 3.36. The SMILES string of the molecule is O=C(Nc1ccc(Cl)c(Cl)c1)c1ccn(Cn2nnc(-c3ccccc3)n2)n1. The van der Waals surface area contributed by atoms with E-state index in [1.165, 1.54) is 4.80 Å². The molecule has 0 saturated heterocycles. The number of tetrazole rings is 1. The Balaban J connectivity index is 1.43. The highest BCUT2D eigenvalue weighted by molar-refractivity contribution is 6.42. The molecule has 0 spiro atoms. The van der Waals surface area contributed by atoms with Crippen LogP contribution in [-0.4, -0.2) is 35.9 Å². The first-order valence-electron chi connectivity index (χ1n) is 8.21. The first-order chi connectivity index (χ1) is 13.6. The number of nitrogens with zero attached hydrogens (tertiary/aromatic N) is 6. The molecule has 4 aromatic rings. The fourth-order valence-corrected chi connectivity index (χ4v) is 2.76. The maximum Gasteiger partial charge on any atom is 0.276 e. The van der Waals surface area contributed by atoms with Gasteiger partial charge in [0, 0.05) is 17.4 Å². The number of aromatic nitrogens is 6. The average molecular weight is 414 g/mol. The van der Waals surface area contributed by atoms with Crippen molar-refractivity contribution < 1.29 is 4.79 Å². The van der Waals surface area contributed by atoms with Crippen molar-refractivity contribution in [3.63, 3.8) is 0 Å². The van der Waals surface area contributed by atoms with Crippen LogP contribution in [0, 0.1) is 0 Å². The lowest BCUT2D eigenvalue weighted by atomic mass is 10.2. The van der Waals surface area contributed by atoms with Gasteiger partial charge in [0.15, 0.2) is 12.4 Å². The number of halogens is 2. The molecule has 0 aliphatic heterocycles. The van der Waals surface area contributed by atoms with Crippen LogP contribution in [0.25, 0.3) is 11.4 Å². The third-order valence-electron chi connectivity index (χ3n) is 3.81. The molecule has 1 amide bonds. The highest BCUT2D eigenvalue weighted by atomic mass is 35.5. The number of anilines is 1. The van der Waals surface area contributed by atoms with Gasteiger partial charge < -0.3 is 5.32 Å². The second kappa shape index (κ2) is 7.79. The van der Waals surface area contributed by atoms with E-state index in [0.29, 0.717) is 21.6 Å². The van der Waals surface area contributed by atoms with Crippen molar-refractivity contribution in [1.29, 1.82) is 0 Å². The number of carbonyl (C=O) groups is 1. The molecule has 28 heavy (non-hydrogen) atoms. The summed E-state index contributed by atoms with van der Waals surface area (Å²) in [6, 6.07) is 16.0. The van der Waals surface area contributed by atoms with Crippen molar-refractivity contribution in [2.24, 2.45) is 0 Å². The van der Waals surface area contributed by atoms with Crippen LogP contribution in [0.4, 0.5) is 5.69 Å². The van der Waals surface area contributed by atoms with Crippen LogP contribution in [0.5, 0.6) is 0 Å². The third-order valence-corrected chi connectivity index (χ3v) is 4.55. The van der Waals surface area contributed by atoms with Gasteiger partial charge in [0.25, 0.3) is 5.91 Å². The molecule has 0 aliphatic rings. The van der Waals surface area contributed by atoms with Crippen molar-refractivity contribution in [3.8, 4) is 11.4 Å². The fourth-order valence-electron chi connectivity index (χ4n) is 2.47. The zero-order valence-corrected chi connectivity index (χ0v) is 15.8. The summed E-state index contributed by atoms with van der Waals surface area (Å²) in [5, 5.41) is 20.1. The van der Waals surface area contributed by atoms with Gasteiger partial charge in [-0.15, -0.1) is 15.0 Å². The largest absolute Gasteiger partial charge is 0.321 e. The Morgan fingerprint density at radius 3 is 2.61 bits per heavy atom. The van der Waals surface area contributed by atoms with Gasteiger partial charge in [-0.2, -0.15) is 5.10 Å². The van der Waals surface area contributed by atoms with Crippen molar-refractivity contribution >= 4 is 34.8 Å². The van der Waals surface area contributed by atoms with E-state index >= 15 is 0 Å². The van der Waals surface area contributed by atoms with Crippen molar-refractivity contribution in [2.75, 3.05) is 5.32 Å². The lowest BCUT2D eigenvalue weighted by molar-refractivity contribution is 0.102. The zero-order chi connectivity index (χ0) is 19.5. The molecule has 0 fully saturated rings. The molecule has 4 rings (SSSR count). The van der Waals surface area contributed by atoms with Gasteiger partial charge >= 0.3 is 0 Å². The van der Waals surface area contributed by atoms with E-state index in [1.54, 1.807) is 35.1 Å². The van der Waals surface area contributed by atoms with E-state index in [-0.39, 0.29) is 18.3 Å². The highest BCUT2D eigenvalue weighted by Gasteiger charge is 2.12. The van der Waals surface area contributed by atoms with Crippen LogP contribution in [0.1, 0.15) is 10.5 Å². The minimum absolute atomic E-state index is 0.222. The van der Waals surface area contributed by atoms with Crippen molar-refractivity contribution in [3.05, 3.63) is 76.5 Å². The topological polar surface area (TPSA) is 90.5 Å². The Kier molecular flexibility index (Phi) is 5.05. The zero-order valence-electron chi connectivity index (χ0n) is 14.3. The standard InChI is InChI=1S/C18H13Cl2N7O/c19-14-7-6-13(10-15(14)20)21-18(28)16-8-9-26(23-16)11-27-24-17(22-25-27)12-4-2-1-3-5-12/h1-10H,11H2,(H,21,28). The molecule has 2 aromatic heterocycles. The number of carbonyl (C=O) groups excluding carboxylic acids is 1. The van der Waals surface area contributed by atoms with Gasteiger partial charge in [-0.25, -0.2) is 4.68 Å².